The molecule has 0 radical (unpaired) electrons. The average molecular weight is 298 g/mol. The number of sulfone groups is 1. The first kappa shape index (κ1) is 17.1. The third-order valence-electron chi connectivity index (χ3n) is 3.29. The van der Waals surface area contributed by atoms with E-state index < -0.39 is 9.84 Å². The first-order chi connectivity index (χ1) is 9.33. The number of hydrogen-bond donors (Lipinski definition) is 1. The third-order valence-corrected chi connectivity index (χ3v) is 4.32. The van der Waals surface area contributed by atoms with E-state index in [9.17, 15) is 8.42 Å². The van der Waals surface area contributed by atoms with Gasteiger partial charge in [0.2, 0.25) is 0 Å². The molecule has 114 valence electrons. The van der Waals surface area contributed by atoms with Gasteiger partial charge in [-0.25, -0.2) is 8.42 Å². The smallest absolute Gasteiger partial charge is 0.147 e. The maximum atomic E-state index is 11.2. The summed E-state index contributed by atoms with van der Waals surface area (Å²) in [4.78, 5) is 4.50. The number of nitrogens with zero attached hydrogens (tertiary/aromatic N) is 1. The second-order valence-electron chi connectivity index (χ2n) is 5.41. The van der Waals surface area contributed by atoms with Crippen molar-refractivity contribution < 1.29 is 8.42 Å². The third kappa shape index (κ3) is 6.01. The van der Waals surface area contributed by atoms with Crippen molar-refractivity contribution in [3.05, 3.63) is 29.1 Å². The van der Waals surface area contributed by atoms with Crippen molar-refractivity contribution in [2.75, 3.05) is 18.6 Å². The van der Waals surface area contributed by atoms with Gasteiger partial charge in [0.25, 0.3) is 0 Å². The summed E-state index contributed by atoms with van der Waals surface area (Å²) in [6, 6.07) is 4.30. The molecule has 1 N–H and O–H groups in total. The Morgan fingerprint density at radius 1 is 1.30 bits per heavy atom. The number of rotatable bonds is 8. The summed E-state index contributed by atoms with van der Waals surface area (Å²) < 4.78 is 22.5. The minimum absolute atomic E-state index is 0.185. The Balaban J connectivity index is 2.77. The molecule has 20 heavy (non-hydrogen) atoms. The van der Waals surface area contributed by atoms with Crippen LogP contribution >= 0.6 is 0 Å². The van der Waals surface area contributed by atoms with Crippen LogP contribution in [0.15, 0.2) is 12.1 Å². The topological polar surface area (TPSA) is 59.1 Å². The number of nitrogens with one attached hydrogen (secondary N) is 1. The average Bonchev–Trinajstić information content (AvgIpc) is 2.33. The molecule has 4 nitrogen and oxygen atoms in total. The fourth-order valence-electron chi connectivity index (χ4n) is 2.30. The highest BCUT2D eigenvalue weighted by atomic mass is 32.2. The Bertz CT molecular complexity index is 527. The first-order valence-electron chi connectivity index (χ1n) is 7.18. The van der Waals surface area contributed by atoms with E-state index in [1.54, 1.807) is 0 Å². The lowest BCUT2D eigenvalue weighted by atomic mass is 10.0. The van der Waals surface area contributed by atoms with Gasteiger partial charge >= 0.3 is 0 Å². The van der Waals surface area contributed by atoms with Gasteiger partial charge in [0, 0.05) is 29.4 Å². The van der Waals surface area contributed by atoms with Gasteiger partial charge in [-0.1, -0.05) is 13.0 Å². The van der Waals surface area contributed by atoms with Crippen LogP contribution in [0.3, 0.4) is 0 Å². The largest absolute Gasteiger partial charge is 0.310 e. The molecule has 1 rings (SSSR count). The van der Waals surface area contributed by atoms with Crippen molar-refractivity contribution in [3.8, 4) is 0 Å². The van der Waals surface area contributed by atoms with Crippen molar-refractivity contribution in [2.45, 2.75) is 46.1 Å². The Morgan fingerprint density at radius 3 is 2.55 bits per heavy atom. The van der Waals surface area contributed by atoms with Gasteiger partial charge < -0.3 is 5.32 Å². The summed E-state index contributed by atoms with van der Waals surface area (Å²) in [6.45, 7) is 7.05. The molecule has 0 saturated heterocycles. The molecule has 0 aliphatic heterocycles. The summed E-state index contributed by atoms with van der Waals surface area (Å²) >= 11 is 0. The highest BCUT2D eigenvalue weighted by Gasteiger charge is 2.15. The zero-order valence-electron chi connectivity index (χ0n) is 12.9. The number of aromatic nitrogens is 1. The van der Waals surface area contributed by atoms with E-state index in [-0.39, 0.29) is 11.8 Å². The van der Waals surface area contributed by atoms with Crippen molar-refractivity contribution in [3.63, 3.8) is 0 Å². The molecule has 0 fully saturated rings. The zero-order chi connectivity index (χ0) is 15.2. The van der Waals surface area contributed by atoms with E-state index in [0.29, 0.717) is 6.42 Å². The predicted octanol–water partition coefficient (Wildman–Crippen LogP) is 2.56. The molecule has 0 spiro atoms. The second-order valence-corrected chi connectivity index (χ2v) is 7.67. The summed E-state index contributed by atoms with van der Waals surface area (Å²) in [6.07, 6.45) is 3.84. The molecule has 1 unspecified atom stereocenters. The van der Waals surface area contributed by atoms with Gasteiger partial charge in [0.05, 0.1) is 0 Å². The van der Waals surface area contributed by atoms with Crippen LogP contribution in [0.5, 0.6) is 0 Å². The quantitative estimate of drug-likeness (QED) is 0.801. The molecule has 1 aromatic heterocycles. The van der Waals surface area contributed by atoms with Gasteiger partial charge in [-0.2, -0.15) is 0 Å². The van der Waals surface area contributed by atoms with E-state index in [4.69, 9.17) is 0 Å². The number of aryl methyl sites for hydroxylation is 2. The van der Waals surface area contributed by atoms with Gasteiger partial charge in [-0.05, 0) is 51.3 Å². The fourth-order valence-corrected chi connectivity index (χ4v) is 2.99. The van der Waals surface area contributed by atoms with Gasteiger partial charge in [0.15, 0.2) is 0 Å². The molecule has 0 aliphatic rings. The lowest BCUT2D eigenvalue weighted by molar-refractivity contribution is 0.489. The van der Waals surface area contributed by atoms with E-state index in [0.717, 1.165) is 30.8 Å². The molecule has 1 heterocycles. The highest BCUT2D eigenvalue weighted by Crippen LogP contribution is 2.21. The van der Waals surface area contributed by atoms with Gasteiger partial charge in [-0.3, -0.25) is 4.98 Å². The van der Waals surface area contributed by atoms with Crippen LogP contribution in [0.1, 0.15) is 49.2 Å². The van der Waals surface area contributed by atoms with Crippen molar-refractivity contribution in [2.24, 2.45) is 0 Å². The van der Waals surface area contributed by atoms with Crippen LogP contribution in [-0.4, -0.2) is 32.0 Å². The Morgan fingerprint density at radius 2 is 2.00 bits per heavy atom. The monoisotopic (exact) mass is 298 g/mol. The number of hydrogen-bond acceptors (Lipinski definition) is 4. The molecule has 5 heteroatoms. The fraction of sp³-hybridized carbons (Fsp3) is 0.667. The SMILES string of the molecule is CCCNC(CCCS(C)(=O)=O)c1ccc(C)nc1C. The maximum absolute atomic E-state index is 11.2. The van der Waals surface area contributed by atoms with Crippen molar-refractivity contribution >= 4 is 9.84 Å². The summed E-state index contributed by atoms with van der Waals surface area (Å²) in [5, 5.41) is 3.50. The van der Waals surface area contributed by atoms with Crippen LogP contribution in [0.25, 0.3) is 0 Å². The van der Waals surface area contributed by atoms with E-state index in [1.165, 1.54) is 11.8 Å². The molecular formula is C15H26N2O2S. The zero-order valence-corrected chi connectivity index (χ0v) is 13.8. The summed E-state index contributed by atoms with van der Waals surface area (Å²) in [5.41, 5.74) is 3.21. The molecule has 0 saturated carbocycles. The van der Waals surface area contributed by atoms with Crippen LogP contribution in [0, 0.1) is 13.8 Å². The Kier molecular flexibility index (Phi) is 6.62. The van der Waals surface area contributed by atoms with Crippen LogP contribution in [-0.2, 0) is 9.84 Å². The molecule has 0 aromatic carbocycles. The maximum Gasteiger partial charge on any atom is 0.147 e. The van der Waals surface area contributed by atoms with E-state index in [2.05, 4.69) is 23.3 Å². The van der Waals surface area contributed by atoms with Crippen LogP contribution in [0.4, 0.5) is 0 Å². The number of pyridine rings is 1. The minimum Gasteiger partial charge on any atom is -0.310 e. The molecule has 1 aromatic rings. The van der Waals surface area contributed by atoms with E-state index in [1.807, 2.05) is 19.9 Å². The second kappa shape index (κ2) is 7.74. The summed E-state index contributed by atoms with van der Waals surface area (Å²) in [5.74, 6) is 0.246. The first-order valence-corrected chi connectivity index (χ1v) is 9.24. The Hall–Kier alpha value is -0.940. The molecule has 0 bridgehead atoms. The minimum atomic E-state index is -2.88. The lowest BCUT2D eigenvalue weighted by Crippen LogP contribution is -2.24. The summed E-state index contributed by atoms with van der Waals surface area (Å²) in [7, 11) is -2.88. The van der Waals surface area contributed by atoms with Crippen LogP contribution < -0.4 is 5.32 Å². The predicted molar refractivity (Wildman–Crippen MR) is 83.7 cm³/mol. The standard InChI is InChI=1S/C15H26N2O2S/c1-5-10-16-15(7-6-11-20(4,18)19)14-9-8-12(2)17-13(14)3/h8-9,15-16H,5-7,10-11H2,1-4H3. The molecule has 0 aliphatic carbocycles. The van der Waals surface area contributed by atoms with Gasteiger partial charge in [-0.15, -0.1) is 0 Å². The highest BCUT2D eigenvalue weighted by molar-refractivity contribution is 7.90. The Labute approximate surface area is 122 Å². The van der Waals surface area contributed by atoms with Crippen molar-refractivity contribution in [1.82, 2.24) is 10.3 Å². The normalized spacial score (nSPS) is 13.4. The molecular weight excluding hydrogens is 272 g/mol. The van der Waals surface area contributed by atoms with Gasteiger partial charge in [0.1, 0.15) is 9.84 Å². The molecule has 1 atom stereocenters. The molecule has 0 amide bonds. The lowest BCUT2D eigenvalue weighted by Gasteiger charge is -2.20. The van der Waals surface area contributed by atoms with E-state index >= 15 is 0 Å². The van der Waals surface area contributed by atoms with Crippen molar-refractivity contribution in [1.29, 1.82) is 0 Å². The van der Waals surface area contributed by atoms with Crippen LogP contribution in [0.2, 0.25) is 0 Å².